The maximum Gasteiger partial charge on any atom is 0.407 e. The van der Waals surface area contributed by atoms with Gasteiger partial charge in [0.25, 0.3) is 0 Å². The first-order chi connectivity index (χ1) is 30.3. The monoisotopic (exact) mass is 885 g/mol. The summed E-state index contributed by atoms with van der Waals surface area (Å²) in [6.45, 7) is 37.9. The van der Waals surface area contributed by atoms with E-state index in [1.807, 2.05) is 88.6 Å². The van der Waals surface area contributed by atoms with Gasteiger partial charge < -0.3 is 39.2 Å². The molecule has 0 saturated carbocycles. The number of hydrogen-bond acceptors (Lipinski definition) is 10. The van der Waals surface area contributed by atoms with Crippen molar-refractivity contribution in [1.29, 1.82) is 0 Å². The first kappa shape index (κ1) is 62.8. The van der Waals surface area contributed by atoms with Gasteiger partial charge in [-0.05, 0) is 103 Å². The highest BCUT2D eigenvalue weighted by molar-refractivity contribution is 5.73. The molecule has 2 unspecified atom stereocenters. The zero-order chi connectivity index (χ0) is 48.8. The van der Waals surface area contributed by atoms with Crippen molar-refractivity contribution in [2.24, 2.45) is 11.8 Å². The average Bonchev–Trinajstić information content (AvgIpc) is 4.08. The van der Waals surface area contributed by atoms with Gasteiger partial charge in [-0.25, -0.2) is 14.8 Å². The minimum absolute atomic E-state index is 0.0894. The molecule has 0 radical (unpaired) electrons. The molecule has 63 heavy (non-hydrogen) atoms. The Morgan fingerprint density at radius 2 is 1.65 bits per heavy atom. The molecule has 4 rings (SSSR count). The van der Waals surface area contributed by atoms with Crippen LogP contribution >= 0.6 is 0 Å². The summed E-state index contributed by atoms with van der Waals surface area (Å²) < 4.78 is 10.2. The Balaban J connectivity index is -0.000000832. The Kier molecular flexibility index (Phi) is 40.2. The largest absolute Gasteiger partial charge is 0.492 e. The summed E-state index contributed by atoms with van der Waals surface area (Å²) >= 11 is 0. The second-order valence-corrected chi connectivity index (χ2v) is 14.9. The van der Waals surface area contributed by atoms with E-state index in [9.17, 15) is 14.4 Å². The fourth-order valence-electron chi connectivity index (χ4n) is 5.94. The van der Waals surface area contributed by atoms with E-state index >= 15 is 0 Å². The molecule has 1 aliphatic rings. The number of rotatable bonds is 19. The molecule has 1 fully saturated rings. The first-order valence-corrected chi connectivity index (χ1v) is 23.7. The van der Waals surface area contributed by atoms with Gasteiger partial charge in [-0.2, -0.15) is 0 Å². The molecule has 0 bridgehead atoms. The number of carbonyl (C=O) groups is 3. The lowest BCUT2D eigenvalue weighted by atomic mass is 10.1. The van der Waals surface area contributed by atoms with Gasteiger partial charge in [0, 0.05) is 25.1 Å². The van der Waals surface area contributed by atoms with Crippen LogP contribution < -0.4 is 15.0 Å². The minimum Gasteiger partial charge on any atom is -0.492 e. The van der Waals surface area contributed by atoms with Crippen molar-refractivity contribution in [2.75, 3.05) is 58.9 Å². The number of alkyl carbamates (subject to hydrolysis) is 1. The molecule has 1 amide bonds. The van der Waals surface area contributed by atoms with Crippen molar-refractivity contribution in [3.8, 4) is 17.0 Å². The van der Waals surface area contributed by atoms with Crippen LogP contribution in [-0.4, -0.2) is 108 Å². The summed E-state index contributed by atoms with van der Waals surface area (Å²) in [5.74, 6) is 3.67. The zero-order valence-corrected chi connectivity index (χ0v) is 42.9. The number of anilines is 1. The van der Waals surface area contributed by atoms with Crippen LogP contribution in [0.5, 0.6) is 5.75 Å². The van der Waals surface area contributed by atoms with E-state index in [0.717, 1.165) is 73.2 Å². The lowest BCUT2D eigenvalue weighted by Gasteiger charge is -2.26. The lowest BCUT2D eigenvalue weighted by Crippen LogP contribution is -2.39. The Labute approximate surface area is 384 Å². The summed E-state index contributed by atoms with van der Waals surface area (Å²) in [7, 11) is 5.54. The van der Waals surface area contributed by atoms with Gasteiger partial charge in [0.2, 0.25) is 0 Å². The number of aromatic amines is 2. The minimum atomic E-state index is -0.573. The second-order valence-electron chi connectivity index (χ2n) is 14.9. The molecule has 3 aromatic rings. The van der Waals surface area contributed by atoms with E-state index in [0.29, 0.717) is 31.3 Å². The molecule has 2 aromatic heterocycles. The third-order valence-electron chi connectivity index (χ3n) is 9.30. The summed E-state index contributed by atoms with van der Waals surface area (Å²) in [4.78, 5) is 53.2. The fourth-order valence-corrected chi connectivity index (χ4v) is 5.94. The molecule has 13 heteroatoms. The average molecular weight is 885 g/mol. The SMILES string of the molecule is C=Cc1cnc(C2CCCN2C)[nH]1.CC.CC.CC.CC(C)CC=O.CCCCN(CC)c1cc(-c2cnc(CN(C)CCC)[nH]2)ccc1OCC.COC(=O)NC(C=O)C(C)C. The van der Waals surface area contributed by atoms with Crippen molar-refractivity contribution in [3.63, 3.8) is 0 Å². The number of likely N-dealkylation sites (tertiary alicyclic amines) is 1. The van der Waals surface area contributed by atoms with E-state index < -0.39 is 12.1 Å². The number of carbonyl (C=O) groups excluding carboxylic acids is 3. The third-order valence-corrected chi connectivity index (χ3v) is 9.30. The van der Waals surface area contributed by atoms with Crippen molar-refractivity contribution in [2.45, 2.75) is 154 Å². The zero-order valence-electron chi connectivity index (χ0n) is 42.9. The number of H-pyrrole nitrogens is 2. The molecule has 13 nitrogen and oxygen atoms in total. The predicted octanol–water partition coefficient (Wildman–Crippen LogP) is 11.6. The highest BCUT2D eigenvalue weighted by Gasteiger charge is 2.24. The molecular formula is C50H92N8O5. The van der Waals surface area contributed by atoms with Crippen LogP contribution in [0.3, 0.4) is 0 Å². The quantitative estimate of drug-likeness (QED) is 0.0993. The Hall–Kier alpha value is -4.49. The molecule has 0 spiro atoms. The van der Waals surface area contributed by atoms with E-state index in [2.05, 4.69) is 104 Å². The summed E-state index contributed by atoms with van der Waals surface area (Å²) in [5, 5.41) is 2.39. The molecular weight excluding hydrogens is 793 g/mol. The van der Waals surface area contributed by atoms with Crippen LogP contribution in [0.2, 0.25) is 0 Å². The second kappa shape index (κ2) is 40.3. The van der Waals surface area contributed by atoms with E-state index in [1.165, 1.54) is 45.0 Å². The van der Waals surface area contributed by atoms with Gasteiger partial charge in [0.15, 0.2) is 0 Å². The number of amides is 1. The van der Waals surface area contributed by atoms with Crippen molar-refractivity contribution in [1.82, 2.24) is 35.1 Å². The van der Waals surface area contributed by atoms with Crippen LogP contribution in [0, 0.1) is 11.8 Å². The van der Waals surface area contributed by atoms with Gasteiger partial charge in [0.1, 0.15) is 30.0 Å². The molecule has 1 aromatic carbocycles. The smallest absolute Gasteiger partial charge is 0.407 e. The maximum absolute atomic E-state index is 10.6. The van der Waals surface area contributed by atoms with Crippen LogP contribution in [0.4, 0.5) is 10.5 Å². The van der Waals surface area contributed by atoms with Crippen LogP contribution in [0.25, 0.3) is 17.3 Å². The molecule has 1 aliphatic heterocycles. The normalized spacial score (nSPS) is 13.0. The molecule has 0 aliphatic carbocycles. The number of ether oxygens (including phenoxy) is 2. The van der Waals surface area contributed by atoms with E-state index in [1.54, 1.807) is 6.08 Å². The molecule has 362 valence electrons. The number of imidazole rings is 2. The summed E-state index contributed by atoms with van der Waals surface area (Å²) in [5.41, 5.74) is 4.39. The van der Waals surface area contributed by atoms with E-state index in [4.69, 9.17) is 4.74 Å². The van der Waals surface area contributed by atoms with Gasteiger partial charge in [-0.1, -0.05) is 96.1 Å². The Morgan fingerprint density at radius 3 is 2.10 bits per heavy atom. The molecule has 3 N–H and O–H groups in total. The Morgan fingerprint density at radius 1 is 0.984 bits per heavy atom. The van der Waals surface area contributed by atoms with Crippen LogP contribution in [0.1, 0.15) is 159 Å². The van der Waals surface area contributed by atoms with Gasteiger partial charge >= 0.3 is 6.09 Å². The molecule has 3 heterocycles. The van der Waals surface area contributed by atoms with E-state index in [-0.39, 0.29) is 5.92 Å². The number of methoxy groups -OCH3 is 1. The van der Waals surface area contributed by atoms with Gasteiger partial charge in [-0.3, -0.25) is 9.80 Å². The number of nitrogens with zero attached hydrogens (tertiary/aromatic N) is 5. The molecule has 2 atom stereocenters. The fraction of sp³-hybridized carbons (Fsp3) is 0.660. The van der Waals surface area contributed by atoms with Crippen molar-refractivity contribution in [3.05, 3.63) is 54.5 Å². The van der Waals surface area contributed by atoms with Gasteiger partial charge in [-0.15, -0.1) is 0 Å². The van der Waals surface area contributed by atoms with Crippen molar-refractivity contribution >= 4 is 30.4 Å². The predicted molar refractivity (Wildman–Crippen MR) is 268 cm³/mol. The number of benzene rings is 1. The highest BCUT2D eigenvalue weighted by atomic mass is 16.5. The number of aromatic nitrogens is 4. The third kappa shape index (κ3) is 26.7. The van der Waals surface area contributed by atoms with Crippen LogP contribution in [-0.2, 0) is 20.9 Å². The number of aldehydes is 2. The maximum atomic E-state index is 10.6. The first-order valence-electron chi connectivity index (χ1n) is 23.7. The Bertz CT molecular complexity index is 1560. The van der Waals surface area contributed by atoms with Crippen LogP contribution in [0.15, 0.2) is 37.2 Å². The number of hydrogen-bond donors (Lipinski definition) is 3. The lowest BCUT2D eigenvalue weighted by molar-refractivity contribution is -0.110. The summed E-state index contributed by atoms with van der Waals surface area (Å²) in [6, 6.07) is 6.47. The topological polar surface area (TPSA) is 149 Å². The number of nitrogens with one attached hydrogen (secondary N) is 3. The van der Waals surface area contributed by atoms with Gasteiger partial charge in [0.05, 0.1) is 61.8 Å². The summed E-state index contributed by atoms with van der Waals surface area (Å²) in [6.07, 6.45) is 13.3. The highest BCUT2D eigenvalue weighted by Crippen LogP contribution is 2.33. The molecule has 1 saturated heterocycles. The number of unbranched alkanes of at least 4 members (excludes halogenated alkanes) is 1. The van der Waals surface area contributed by atoms with Crippen molar-refractivity contribution < 1.29 is 23.9 Å². The standard InChI is InChI=1S/C22H36N4O.C10H15N3.C7H13NO3.C5H10O.3C2H6/c1-6-10-14-26(8-3)20-15-18(11-12-21(20)27-9-4)19-16-23-22(24-19)17-25(5)13-7-2;1-3-8-7-11-10(12-8)9-5-4-6-13(9)2;1-5(2)6(4-9)8-7(10)11-3;1-5(2)3-4-6;3*1-2/h11-12,15-16H,6-10,13-14,17H2,1-5H3,(H,23,24);3,7,9H,1,4-6H2,2H3,(H,11,12);4-6H,1-3H3,(H,8,10);4-5H,3H2,1-2H3;3*1-2H3.